The van der Waals surface area contributed by atoms with Gasteiger partial charge in [-0.3, -0.25) is 14.9 Å². The minimum Gasteiger partial charge on any atom is -0.295 e. The van der Waals surface area contributed by atoms with Gasteiger partial charge in [-0.25, -0.2) is 0 Å². The highest BCUT2D eigenvalue weighted by Gasteiger charge is 2.19. The minimum atomic E-state index is -0.479. The molecule has 0 aliphatic rings. The molecular weight excluding hydrogens is 354 g/mol. The molecule has 0 amide bonds. The van der Waals surface area contributed by atoms with Crippen LogP contribution in [0, 0.1) is 10.1 Å². The van der Waals surface area contributed by atoms with Gasteiger partial charge in [-0.15, -0.1) is 10.2 Å². The second kappa shape index (κ2) is 8.42. The fraction of sp³-hybridized carbons (Fsp3) is 0.357. The highest BCUT2D eigenvalue weighted by molar-refractivity contribution is 8.03. The molecule has 0 radical (unpaired) electrons. The summed E-state index contributed by atoms with van der Waals surface area (Å²) in [5.41, 5.74) is 0.243. The van der Waals surface area contributed by atoms with E-state index in [2.05, 4.69) is 17.1 Å². The maximum Gasteiger partial charge on any atom is 0.284 e. The number of thioether (sulfide) groups is 1. The van der Waals surface area contributed by atoms with Crippen LogP contribution >= 0.6 is 34.9 Å². The Hall–Kier alpha value is -1.45. The van der Waals surface area contributed by atoms with E-state index in [-0.39, 0.29) is 11.5 Å². The highest BCUT2D eigenvalue weighted by atomic mass is 32.2. The average molecular weight is 369 g/mol. The van der Waals surface area contributed by atoms with Crippen LogP contribution in [0.15, 0.2) is 31.8 Å². The summed E-state index contributed by atoms with van der Waals surface area (Å²) in [7, 11) is 0. The van der Waals surface area contributed by atoms with Gasteiger partial charge in [0.2, 0.25) is 0 Å². The fourth-order valence-corrected chi connectivity index (χ4v) is 4.88. The number of nitro groups is 1. The standard InChI is InChI=1S/C14H15N3O3S3/c1-3-4-7-21-13-15-16-14(23-13)22-12-6-5-10(9(2)18)8-11(12)17(19)20/h5-6,8H,3-4,7H2,1-2H3. The summed E-state index contributed by atoms with van der Waals surface area (Å²) in [6, 6.07) is 4.49. The van der Waals surface area contributed by atoms with Crippen molar-refractivity contribution in [3.8, 4) is 0 Å². The van der Waals surface area contributed by atoms with Gasteiger partial charge in [-0.05, 0) is 25.5 Å². The van der Waals surface area contributed by atoms with Crippen LogP contribution in [-0.4, -0.2) is 26.7 Å². The molecule has 0 aliphatic heterocycles. The first kappa shape index (κ1) is 17.9. The number of hydrogen-bond donors (Lipinski definition) is 0. The molecule has 0 saturated carbocycles. The molecule has 1 aromatic carbocycles. The van der Waals surface area contributed by atoms with Crippen molar-refractivity contribution in [3.05, 3.63) is 33.9 Å². The van der Waals surface area contributed by atoms with E-state index in [4.69, 9.17) is 0 Å². The zero-order valence-electron chi connectivity index (χ0n) is 12.6. The lowest BCUT2D eigenvalue weighted by atomic mass is 10.1. The van der Waals surface area contributed by atoms with Crippen molar-refractivity contribution in [2.45, 2.75) is 40.3 Å². The van der Waals surface area contributed by atoms with Crippen molar-refractivity contribution in [1.82, 2.24) is 10.2 Å². The maximum atomic E-state index is 11.4. The number of hydrogen-bond acceptors (Lipinski definition) is 8. The van der Waals surface area contributed by atoms with Crippen LogP contribution in [0.2, 0.25) is 0 Å². The Morgan fingerprint density at radius 1 is 1.35 bits per heavy atom. The normalized spacial score (nSPS) is 10.7. The molecule has 0 unspecified atom stereocenters. The average Bonchev–Trinajstić information content (AvgIpc) is 2.95. The van der Waals surface area contributed by atoms with Gasteiger partial charge in [0.05, 0.1) is 9.82 Å². The van der Waals surface area contributed by atoms with Gasteiger partial charge in [0.1, 0.15) is 0 Å². The van der Waals surface area contributed by atoms with Crippen molar-refractivity contribution in [2.24, 2.45) is 0 Å². The lowest BCUT2D eigenvalue weighted by Gasteiger charge is -2.02. The topological polar surface area (TPSA) is 86.0 Å². The number of ketones is 1. The monoisotopic (exact) mass is 369 g/mol. The van der Waals surface area contributed by atoms with Gasteiger partial charge < -0.3 is 0 Å². The second-order valence-corrected chi connectivity index (χ2v) is 8.24. The number of carbonyl (C=O) groups excluding carboxylic acids is 1. The van der Waals surface area contributed by atoms with Crippen molar-refractivity contribution in [1.29, 1.82) is 0 Å². The molecule has 9 heteroatoms. The Kier molecular flexibility index (Phi) is 6.55. The predicted octanol–water partition coefficient (Wildman–Crippen LogP) is 4.69. The Balaban J connectivity index is 2.16. The molecule has 6 nitrogen and oxygen atoms in total. The fourth-order valence-electron chi connectivity index (χ4n) is 1.66. The van der Waals surface area contributed by atoms with Crippen LogP contribution in [0.4, 0.5) is 5.69 Å². The molecule has 122 valence electrons. The first-order valence-corrected chi connectivity index (χ1v) is 9.56. The molecular formula is C14H15N3O3S3. The maximum absolute atomic E-state index is 11.4. The molecule has 0 N–H and O–H groups in total. The molecule has 0 saturated heterocycles. The number of rotatable bonds is 8. The quantitative estimate of drug-likeness (QED) is 0.219. The van der Waals surface area contributed by atoms with E-state index in [1.807, 2.05) is 0 Å². The molecule has 0 fully saturated rings. The second-order valence-electron chi connectivity index (χ2n) is 4.63. The molecule has 1 aromatic heterocycles. The zero-order valence-corrected chi connectivity index (χ0v) is 15.1. The Labute approximate surface area is 146 Å². The van der Waals surface area contributed by atoms with Crippen LogP contribution < -0.4 is 0 Å². The summed E-state index contributed by atoms with van der Waals surface area (Å²) in [4.78, 5) is 22.6. The number of nitro benzene ring substituents is 1. The number of Topliss-reactive ketones (excluding diaryl/α,β-unsaturated/α-hetero) is 1. The van der Waals surface area contributed by atoms with Crippen LogP contribution in [0.3, 0.4) is 0 Å². The summed E-state index contributed by atoms with van der Waals surface area (Å²) >= 11 is 4.27. The smallest absolute Gasteiger partial charge is 0.284 e. The van der Waals surface area contributed by atoms with Gasteiger partial charge >= 0.3 is 0 Å². The lowest BCUT2D eigenvalue weighted by Crippen LogP contribution is -1.96. The molecule has 23 heavy (non-hydrogen) atoms. The zero-order chi connectivity index (χ0) is 16.8. The molecule has 0 bridgehead atoms. The third-order valence-electron chi connectivity index (χ3n) is 2.87. The first-order chi connectivity index (χ1) is 11.0. The summed E-state index contributed by atoms with van der Waals surface area (Å²) in [5, 5.41) is 19.4. The number of nitrogens with zero attached hydrogens (tertiary/aromatic N) is 3. The van der Waals surface area contributed by atoms with Gasteiger partial charge in [0, 0.05) is 17.4 Å². The molecule has 0 atom stereocenters. The van der Waals surface area contributed by atoms with E-state index in [9.17, 15) is 14.9 Å². The predicted molar refractivity (Wildman–Crippen MR) is 92.8 cm³/mol. The number of aromatic nitrogens is 2. The van der Waals surface area contributed by atoms with Gasteiger partial charge in [0.25, 0.3) is 5.69 Å². The van der Waals surface area contributed by atoms with Crippen molar-refractivity contribution < 1.29 is 9.72 Å². The Bertz CT molecular complexity index is 718. The van der Waals surface area contributed by atoms with Gasteiger partial charge in [-0.2, -0.15) is 0 Å². The number of carbonyl (C=O) groups is 1. The van der Waals surface area contributed by atoms with Crippen LogP contribution in [0.5, 0.6) is 0 Å². The van der Waals surface area contributed by atoms with E-state index < -0.39 is 4.92 Å². The van der Waals surface area contributed by atoms with E-state index >= 15 is 0 Å². The van der Waals surface area contributed by atoms with E-state index in [0.717, 1.165) is 22.9 Å². The van der Waals surface area contributed by atoms with Gasteiger partial charge in [0.15, 0.2) is 14.5 Å². The third kappa shape index (κ3) is 5.02. The number of unbranched alkanes of at least 4 members (excludes halogenated alkanes) is 1. The molecule has 0 aliphatic carbocycles. The molecule has 1 heterocycles. The summed E-state index contributed by atoms with van der Waals surface area (Å²) in [6.07, 6.45) is 2.24. The number of benzene rings is 1. The van der Waals surface area contributed by atoms with Crippen molar-refractivity contribution in [3.63, 3.8) is 0 Å². The summed E-state index contributed by atoms with van der Waals surface area (Å²) in [5.74, 6) is 0.790. The minimum absolute atomic E-state index is 0.0851. The van der Waals surface area contributed by atoms with Crippen LogP contribution in [0.1, 0.15) is 37.0 Å². The van der Waals surface area contributed by atoms with Crippen molar-refractivity contribution >= 4 is 46.3 Å². The van der Waals surface area contributed by atoms with E-state index in [1.165, 1.54) is 36.1 Å². The Morgan fingerprint density at radius 3 is 2.74 bits per heavy atom. The summed E-state index contributed by atoms with van der Waals surface area (Å²) in [6.45, 7) is 3.52. The summed E-state index contributed by atoms with van der Waals surface area (Å²) < 4.78 is 1.52. The van der Waals surface area contributed by atoms with Crippen molar-refractivity contribution in [2.75, 3.05) is 5.75 Å². The van der Waals surface area contributed by atoms with Crippen LogP contribution in [0.25, 0.3) is 0 Å². The van der Waals surface area contributed by atoms with E-state index in [1.54, 1.807) is 23.9 Å². The SMILES string of the molecule is CCCCSc1nnc(Sc2ccc(C(C)=O)cc2[N+](=O)[O-])s1. The highest BCUT2D eigenvalue weighted by Crippen LogP contribution is 2.38. The molecule has 2 aromatic rings. The van der Waals surface area contributed by atoms with E-state index in [0.29, 0.717) is 14.8 Å². The van der Waals surface area contributed by atoms with Gasteiger partial charge in [-0.1, -0.05) is 48.2 Å². The lowest BCUT2D eigenvalue weighted by molar-refractivity contribution is -0.387. The first-order valence-electron chi connectivity index (χ1n) is 6.94. The molecule has 0 spiro atoms. The molecule has 2 rings (SSSR count). The third-order valence-corrected chi connectivity index (χ3v) is 6.13. The van der Waals surface area contributed by atoms with Crippen LogP contribution in [-0.2, 0) is 0 Å². The largest absolute Gasteiger partial charge is 0.295 e. The Morgan fingerprint density at radius 2 is 2.09 bits per heavy atom.